The van der Waals surface area contributed by atoms with Crippen LogP contribution in [0.4, 0.5) is 0 Å². The Balaban J connectivity index is 2.01. The maximum Gasteiger partial charge on any atom is 0.205 e. The number of aromatic nitrogens is 3. The van der Waals surface area contributed by atoms with Crippen molar-refractivity contribution < 1.29 is 4.79 Å². The topological polar surface area (TPSA) is 71.6 Å². The van der Waals surface area contributed by atoms with Gasteiger partial charge in [-0.3, -0.25) is 9.78 Å². The zero-order valence-electron chi connectivity index (χ0n) is 14.7. The molecular formula is C21H18N4O. The number of nitrogens with zero attached hydrogens (tertiary/aromatic N) is 4. The van der Waals surface area contributed by atoms with Crippen LogP contribution >= 0.6 is 0 Å². The van der Waals surface area contributed by atoms with Crippen LogP contribution in [0.5, 0.6) is 0 Å². The first-order valence-corrected chi connectivity index (χ1v) is 8.21. The number of rotatable bonds is 5. The summed E-state index contributed by atoms with van der Waals surface area (Å²) in [6.45, 7) is 8.16. The summed E-state index contributed by atoms with van der Waals surface area (Å²) in [4.78, 5) is 21.6. The van der Waals surface area contributed by atoms with Crippen LogP contribution in [0.1, 0.15) is 27.4 Å². The highest BCUT2D eigenvalue weighted by Crippen LogP contribution is 2.20. The Labute approximate surface area is 151 Å². The molecule has 0 aliphatic heterocycles. The monoisotopic (exact) mass is 342 g/mol. The van der Waals surface area contributed by atoms with Crippen LogP contribution in [0.2, 0.25) is 0 Å². The summed E-state index contributed by atoms with van der Waals surface area (Å²) in [5, 5.41) is 9.49. The number of carbonyl (C=O) groups is 1. The van der Waals surface area contributed by atoms with Crippen molar-refractivity contribution in [2.45, 2.75) is 20.4 Å². The van der Waals surface area contributed by atoms with E-state index in [0.717, 1.165) is 22.4 Å². The molecule has 0 N–H and O–H groups in total. The van der Waals surface area contributed by atoms with E-state index in [1.807, 2.05) is 48.7 Å². The predicted octanol–water partition coefficient (Wildman–Crippen LogP) is 4.02. The average Bonchev–Trinajstić information content (AvgIpc) is 2.94. The normalized spacial score (nSPS) is 11.3. The van der Waals surface area contributed by atoms with E-state index in [2.05, 4.69) is 16.5 Å². The maximum atomic E-state index is 12.9. The van der Waals surface area contributed by atoms with Gasteiger partial charge >= 0.3 is 0 Å². The van der Waals surface area contributed by atoms with Gasteiger partial charge in [0.05, 0.1) is 22.9 Å². The van der Waals surface area contributed by atoms with E-state index in [-0.39, 0.29) is 11.4 Å². The first-order chi connectivity index (χ1) is 12.5. The molecule has 0 saturated heterocycles. The molecule has 128 valence electrons. The lowest BCUT2D eigenvalue weighted by atomic mass is 10.0. The molecule has 1 aromatic carbocycles. The summed E-state index contributed by atoms with van der Waals surface area (Å²) >= 11 is 0. The third kappa shape index (κ3) is 3.17. The van der Waals surface area contributed by atoms with Gasteiger partial charge in [0.2, 0.25) is 5.78 Å². The molecule has 3 aromatic rings. The van der Waals surface area contributed by atoms with Crippen molar-refractivity contribution in [2.24, 2.45) is 0 Å². The van der Waals surface area contributed by atoms with E-state index in [9.17, 15) is 10.1 Å². The van der Waals surface area contributed by atoms with Crippen LogP contribution in [-0.4, -0.2) is 20.3 Å². The van der Waals surface area contributed by atoms with E-state index in [0.29, 0.717) is 17.8 Å². The molecule has 0 amide bonds. The molecule has 0 aliphatic carbocycles. The smallest absolute Gasteiger partial charge is 0.205 e. The highest BCUT2D eigenvalue weighted by atomic mass is 16.1. The Kier molecular flexibility index (Phi) is 4.76. The Bertz CT molecular complexity index is 1080. The van der Waals surface area contributed by atoms with Gasteiger partial charge in [0.1, 0.15) is 11.6 Å². The Hall–Kier alpha value is -3.52. The molecule has 0 spiro atoms. The molecule has 0 bridgehead atoms. The number of allylic oxidation sites excluding steroid dienone is 2. The molecule has 5 heteroatoms. The Morgan fingerprint density at radius 1 is 1.31 bits per heavy atom. The lowest BCUT2D eigenvalue weighted by Crippen LogP contribution is -2.06. The van der Waals surface area contributed by atoms with Crippen molar-refractivity contribution in [2.75, 3.05) is 0 Å². The van der Waals surface area contributed by atoms with Gasteiger partial charge in [-0.15, -0.1) is 6.58 Å². The fourth-order valence-electron chi connectivity index (χ4n) is 2.92. The standard InChI is InChI=1S/C21H18N4O/c1-4-9-25-14(2)10-18(15(25)3)21(26)16(12-22)11-17-13-23-19-7-5-6-8-20(19)24-17/h4-8,10-11,13H,1,9H2,2-3H3/b16-11+. The van der Waals surface area contributed by atoms with Gasteiger partial charge in [-0.1, -0.05) is 18.2 Å². The van der Waals surface area contributed by atoms with Gasteiger partial charge in [0, 0.05) is 23.5 Å². The van der Waals surface area contributed by atoms with Crippen LogP contribution in [-0.2, 0) is 6.54 Å². The van der Waals surface area contributed by atoms with Gasteiger partial charge < -0.3 is 4.57 Å². The molecule has 0 unspecified atom stereocenters. The van der Waals surface area contributed by atoms with E-state index in [1.54, 1.807) is 18.3 Å². The van der Waals surface area contributed by atoms with Gasteiger partial charge in [-0.05, 0) is 38.1 Å². The van der Waals surface area contributed by atoms with Crippen molar-refractivity contribution in [3.05, 3.63) is 77.4 Å². The minimum atomic E-state index is -0.314. The summed E-state index contributed by atoms with van der Waals surface area (Å²) in [7, 11) is 0. The summed E-state index contributed by atoms with van der Waals surface area (Å²) < 4.78 is 1.99. The van der Waals surface area contributed by atoms with Gasteiger partial charge in [-0.25, -0.2) is 4.98 Å². The molecule has 5 nitrogen and oxygen atoms in total. The number of benzene rings is 1. The van der Waals surface area contributed by atoms with E-state index >= 15 is 0 Å². The number of carbonyl (C=O) groups excluding carboxylic acids is 1. The van der Waals surface area contributed by atoms with Crippen molar-refractivity contribution >= 4 is 22.9 Å². The number of para-hydroxylation sites is 2. The average molecular weight is 342 g/mol. The van der Waals surface area contributed by atoms with Crippen LogP contribution < -0.4 is 0 Å². The summed E-state index contributed by atoms with van der Waals surface area (Å²) in [6.07, 6.45) is 4.83. The molecule has 26 heavy (non-hydrogen) atoms. The van der Waals surface area contributed by atoms with Crippen LogP contribution in [0.15, 0.2) is 54.8 Å². The molecule has 2 heterocycles. The minimum absolute atomic E-state index is 0.0356. The van der Waals surface area contributed by atoms with Crippen LogP contribution in [0.3, 0.4) is 0 Å². The lowest BCUT2D eigenvalue weighted by molar-refractivity contribution is 0.103. The molecule has 3 rings (SSSR count). The first-order valence-electron chi connectivity index (χ1n) is 8.21. The third-order valence-electron chi connectivity index (χ3n) is 4.25. The minimum Gasteiger partial charge on any atom is -0.345 e. The fraction of sp³-hybridized carbons (Fsp3) is 0.143. The second-order valence-corrected chi connectivity index (χ2v) is 5.97. The third-order valence-corrected chi connectivity index (χ3v) is 4.25. The molecule has 2 aromatic heterocycles. The Morgan fingerprint density at radius 2 is 2.04 bits per heavy atom. The van der Waals surface area contributed by atoms with Gasteiger partial charge in [-0.2, -0.15) is 5.26 Å². The summed E-state index contributed by atoms with van der Waals surface area (Å²) in [5.41, 5.74) is 4.29. The van der Waals surface area contributed by atoms with E-state index in [4.69, 9.17) is 0 Å². The van der Waals surface area contributed by atoms with Crippen molar-refractivity contribution in [1.29, 1.82) is 5.26 Å². The fourth-order valence-corrected chi connectivity index (χ4v) is 2.92. The number of Topliss-reactive ketones (excluding diaryl/α,β-unsaturated/α-hetero) is 1. The Morgan fingerprint density at radius 3 is 2.73 bits per heavy atom. The number of aryl methyl sites for hydroxylation is 1. The van der Waals surface area contributed by atoms with Crippen LogP contribution in [0, 0.1) is 25.2 Å². The summed E-state index contributed by atoms with van der Waals surface area (Å²) in [5.74, 6) is -0.314. The second kappa shape index (κ2) is 7.16. The van der Waals surface area contributed by atoms with Crippen molar-refractivity contribution in [3.63, 3.8) is 0 Å². The second-order valence-electron chi connectivity index (χ2n) is 5.97. The highest BCUT2D eigenvalue weighted by Gasteiger charge is 2.19. The van der Waals surface area contributed by atoms with Crippen molar-refractivity contribution in [3.8, 4) is 6.07 Å². The first kappa shape index (κ1) is 17.3. The number of ketones is 1. The molecule has 0 fully saturated rings. The molecule has 0 atom stereocenters. The molecular weight excluding hydrogens is 324 g/mol. The van der Waals surface area contributed by atoms with Gasteiger partial charge in [0.25, 0.3) is 0 Å². The largest absolute Gasteiger partial charge is 0.345 e. The number of nitriles is 1. The number of hydrogen-bond acceptors (Lipinski definition) is 4. The van der Waals surface area contributed by atoms with Crippen molar-refractivity contribution in [1.82, 2.24) is 14.5 Å². The van der Waals surface area contributed by atoms with Crippen LogP contribution in [0.25, 0.3) is 17.1 Å². The zero-order valence-corrected chi connectivity index (χ0v) is 14.7. The predicted molar refractivity (Wildman–Crippen MR) is 102 cm³/mol. The lowest BCUT2D eigenvalue weighted by Gasteiger charge is -2.06. The zero-order chi connectivity index (χ0) is 18.7. The quantitative estimate of drug-likeness (QED) is 0.304. The van der Waals surface area contributed by atoms with E-state index < -0.39 is 0 Å². The highest BCUT2D eigenvalue weighted by molar-refractivity contribution is 6.14. The molecule has 0 radical (unpaired) electrons. The maximum absolute atomic E-state index is 12.9. The van der Waals surface area contributed by atoms with E-state index in [1.165, 1.54) is 6.08 Å². The molecule has 0 saturated carbocycles. The van der Waals surface area contributed by atoms with Gasteiger partial charge in [0.15, 0.2) is 0 Å². The number of hydrogen-bond donors (Lipinski definition) is 0. The SMILES string of the molecule is C=CCn1c(C)cc(C(=O)/C(C#N)=C/c2cnc3ccccc3n2)c1C. The molecule has 0 aliphatic rings. The summed E-state index contributed by atoms with van der Waals surface area (Å²) in [6, 6.07) is 11.3. The number of fused-ring (bicyclic) bond motifs is 1.